The predicted molar refractivity (Wildman–Crippen MR) is 85.7 cm³/mol. The molecule has 1 fully saturated rings. The van der Waals surface area contributed by atoms with Crippen molar-refractivity contribution in [2.75, 3.05) is 6.61 Å². The van der Waals surface area contributed by atoms with E-state index in [9.17, 15) is 5.11 Å². The Bertz CT molecular complexity index is 644. The Kier molecular flexibility index (Phi) is 3.22. The lowest BCUT2D eigenvalue weighted by atomic mass is 9.72. The van der Waals surface area contributed by atoms with Crippen molar-refractivity contribution in [3.63, 3.8) is 0 Å². The van der Waals surface area contributed by atoms with E-state index in [-0.39, 0.29) is 24.2 Å². The van der Waals surface area contributed by atoms with Crippen LogP contribution in [0.15, 0.2) is 24.3 Å². The predicted octanol–water partition coefficient (Wildman–Crippen LogP) is 3.57. The van der Waals surface area contributed by atoms with Crippen molar-refractivity contribution in [1.29, 1.82) is 0 Å². The van der Waals surface area contributed by atoms with Gasteiger partial charge in [-0.1, -0.05) is 23.7 Å². The first-order valence-electron chi connectivity index (χ1n) is 7.96. The van der Waals surface area contributed by atoms with Gasteiger partial charge in [0.1, 0.15) is 0 Å². The monoisotopic (exact) mass is 320 g/mol. The van der Waals surface area contributed by atoms with Crippen molar-refractivity contribution >= 4 is 17.2 Å². The van der Waals surface area contributed by atoms with Crippen LogP contribution in [0.25, 0.3) is 5.57 Å². The van der Waals surface area contributed by atoms with Crippen LogP contribution in [0, 0.1) is 5.41 Å². The standard InChI is InChI=1S/C18H21ClO3/c1-11-12(2)22-18(21-11)7-6-17(10-20)8-13-4-3-5-15(19)16(13)14(17)9-18/h3-5,9,11-12,20H,6-8,10H2,1-2H3. The topological polar surface area (TPSA) is 38.7 Å². The summed E-state index contributed by atoms with van der Waals surface area (Å²) in [5.41, 5.74) is 3.14. The SMILES string of the molecule is CC1OC2(C=C3c4c(Cl)cccc4CC3(CO)CC2)OC1C. The maximum atomic E-state index is 10.1. The molecule has 4 heteroatoms. The van der Waals surface area contributed by atoms with Gasteiger partial charge in [0.25, 0.3) is 0 Å². The van der Waals surface area contributed by atoms with Crippen molar-refractivity contribution < 1.29 is 14.6 Å². The molecule has 2 aliphatic carbocycles. The molecule has 1 aromatic rings. The molecule has 0 radical (unpaired) electrons. The molecule has 1 aliphatic heterocycles. The molecule has 1 N–H and O–H groups in total. The van der Waals surface area contributed by atoms with Gasteiger partial charge < -0.3 is 14.6 Å². The van der Waals surface area contributed by atoms with Gasteiger partial charge >= 0.3 is 0 Å². The minimum Gasteiger partial charge on any atom is -0.395 e. The zero-order valence-corrected chi connectivity index (χ0v) is 13.7. The van der Waals surface area contributed by atoms with Gasteiger partial charge in [0.05, 0.1) is 18.8 Å². The van der Waals surface area contributed by atoms with Crippen LogP contribution in [0.5, 0.6) is 0 Å². The minimum absolute atomic E-state index is 0.0746. The first-order valence-corrected chi connectivity index (χ1v) is 8.34. The van der Waals surface area contributed by atoms with Crippen LogP contribution in [0.2, 0.25) is 5.02 Å². The number of ether oxygens (including phenoxy) is 2. The Balaban J connectivity index is 1.86. The van der Waals surface area contributed by atoms with Gasteiger partial charge in [-0.15, -0.1) is 0 Å². The Morgan fingerprint density at radius 2 is 1.95 bits per heavy atom. The molecule has 3 nitrogen and oxygen atoms in total. The Labute approximate surface area is 135 Å². The molecular weight excluding hydrogens is 300 g/mol. The summed E-state index contributed by atoms with van der Waals surface area (Å²) in [6.07, 6.45) is 4.70. The summed E-state index contributed by atoms with van der Waals surface area (Å²) < 4.78 is 12.3. The first kappa shape index (κ1) is 14.7. The molecule has 3 unspecified atom stereocenters. The van der Waals surface area contributed by atoms with E-state index < -0.39 is 5.79 Å². The van der Waals surface area contributed by atoms with Gasteiger partial charge in [-0.05, 0) is 50.0 Å². The highest BCUT2D eigenvalue weighted by Crippen LogP contribution is 2.57. The third-order valence-electron chi connectivity index (χ3n) is 5.52. The summed E-state index contributed by atoms with van der Waals surface area (Å²) in [4.78, 5) is 0. The van der Waals surface area contributed by atoms with Crippen molar-refractivity contribution in [2.45, 2.75) is 51.1 Å². The zero-order valence-electron chi connectivity index (χ0n) is 12.9. The fourth-order valence-electron chi connectivity index (χ4n) is 4.15. The Morgan fingerprint density at radius 1 is 1.23 bits per heavy atom. The van der Waals surface area contributed by atoms with E-state index in [0.29, 0.717) is 0 Å². The molecule has 3 atom stereocenters. The van der Waals surface area contributed by atoms with Crippen LogP contribution >= 0.6 is 11.6 Å². The highest BCUT2D eigenvalue weighted by atomic mass is 35.5. The molecule has 118 valence electrons. The van der Waals surface area contributed by atoms with Gasteiger partial charge in [0.15, 0.2) is 5.79 Å². The minimum atomic E-state index is -0.659. The summed E-state index contributed by atoms with van der Waals surface area (Å²) in [5, 5.41) is 10.8. The van der Waals surface area contributed by atoms with Gasteiger partial charge in [0, 0.05) is 22.4 Å². The maximum Gasteiger partial charge on any atom is 0.189 e. The van der Waals surface area contributed by atoms with Gasteiger partial charge in [-0.25, -0.2) is 0 Å². The normalized spacial score (nSPS) is 39.7. The van der Waals surface area contributed by atoms with Gasteiger partial charge in [-0.2, -0.15) is 0 Å². The number of aliphatic hydroxyl groups excluding tert-OH is 1. The number of hydrogen-bond donors (Lipinski definition) is 1. The summed E-state index contributed by atoms with van der Waals surface area (Å²) in [7, 11) is 0. The van der Waals surface area contributed by atoms with Crippen molar-refractivity contribution in [3.05, 3.63) is 40.4 Å². The molecule has 1 aromatic carbocycles. The number of hydrogen-bond acceptors (Lipinski definition) is 3. The van der Waals surface area contributed by atoms with Crippen LogP contribution in [-0.4, -0.2) is 29.7 Å². The van der Waals surface area contributed by atoms with E-state index in [1.807, 2.05) is 26.0 Å². The van der Waals surface area contributed by atoms with Crippen molar-refractivity contribution in [1.82, 2.24) is 0 Å². The molecule has 1 heterocycles. The number of benzene rings is 1. The van der Waals surface area contributed by atoms with Crippen molar-refractivity contribution in [3.8, 4) is 0 Å². The van der Waals surface area contributed by atoms with Gasteiger partial charge in [-0.3, -0.25) is 0 Å². The van der Waals surface area contributed by atoms with E-state index in [1.54, 1.807) is 0 Å². The highest BCUT2D eigenvalue weighted by molar-refractivity contribution is 6.32. The van der Waals surface area contributed by atoms with Crippen LogP contribution in [-0.2, 0) is 15.9 Å². The second-order valence-corrected chi connectivity index (χ2v) is 7.31. The maximum absolute atomic E-state index is 10.1. The molecular formula is C18H21ClO3. The fourth-order valence-corrected chi connectivity index (χ4v) is 4.45. The molecule has 0 saturated carbocycles. The molecule has 4 rings (SSSR count). The zero-order chi connectivity index (χ0) is 15.5. The van der Waals surface area contributed by atoms with Gasteiger partial charge in [0.2, 0.25) is 0 Å². The van der Waals surface area contributed by atoms with E-state index in [1.165, 1.54) is 5.56 Å². The lowest BCUT2D eigenvalue weighted by molar-refractivity contribution is -0.147. The number of halogens is 1. The summed E-state index contributed by atoms with van der Waals surface area (Å²) in [6.45, 7) is 4.22. The highest BCUT2D eigenvalue weighted by Gasteiger charge is 2.52. The third kappa shape index (κ3) is 1.93. The smallest absolute Gasteiger partial charge is 0.189 e. The second kappa shape index (κ2) is 4.81. The Morgan fingerprint density at radius 3 is 2.64 bits per heavy atom. The fraction of sp³-hybridized carbons (Fsp3) is 0.556. The van der Waals surface area contributed by atoms with Crippen molar-refractivity contribution in [2.24, 2.45) is 5.41 Å². The molecule has 1 saturated heterocycles. The lowest BCUT2D eigenvalue weighted by Crippen LogP contribution is -2.39. The summed E-state index contributed by atoms with van der Waals surface area (Å²) >= 11 is 6.46. The molecule has 0 bridgehead atoms. The van der Waals surface area contributed by atoms with E-state index in [0.717, 1.165) is 35.4 Å². The van der Waals surface area contributed by atoms with Crippen LogP contribution in [0.3, 0.4) is 0 Å². The average molecular weight is 321 g/mol. The molecule has 0 aromatic heterocycles. The largest absolute Gasteiger partial charge is 0.395 e. The molecule has 1 spiro atoms. The van der Waals surface area contributed by atoms with E-state index in [2.05, 4.69) is 12.1 Å². The second-order valence-electron chi connectivity index (χ2n) is 6.90. The van der Waals surface area contributed by atoms with Crippen LogP contribution < -0.4 is 0 Å². The average Bonchev–Trinajstić information content (AvgIpc) is 2.96. The number of aliphatic hydroxyl groups is 1. The summed E-state index contributed by atoms with van der Waals surface area (Å²) in [5.74, 6) is -0.659. The number of fused-ring (bicyclic) bond motifs is 3. The third-order valence-corrected chi connectivity index (χ3v) is 5.84. The molecule has 22 heavy (non-hydrogen) atoms. The van der Waals surface area contributed by atoms with E-state index in [4.69, 9.17) is 21.1 Å². The van der Waals surface area contributed by atoms with Crippen LogP contribution in [0.1, 0.15) is 37.8 Å². The summed E-state index contributed by atoms with van der Waals surface area (Å²) in [6, 6.07) is 6.00. The molecule has 3 aliphatic rings. The lowest BCUT2D eigenvalue weighted by Gasteiger charge is -2.39. The number of rotatable bonds is 1. The van der Waals surface area contributed by atoms with Crippen LogP contribution in [0.4, 0.5) is 0 Å². The molecule has 0 amide bonds. The van der Waals surface area contributed by atoms with E-state index >= 15 is 0 Å². The Hall–Kier alpha value is -0.870. The first-order chi connectivity index (χ1) is 10.5. The quantitative estimate of drug-likeness (QED) is 0.859.